The lowest BCUT2D eigenvalue weighted by Gasteiger charge is -2.09. The molecule has 1 heterocycles. The average molecular weight is 278 g/mol. The Kier molecular flexibility index (Phi) is 3.10. The summed E-state index contributed by atoms with van der Waals surface area (Å²) in [4.78, 5) is 4.21. The highest BCUT2D eigenvalue weighted by Gasteiger charge is 2.03. The number of halogens is 1. The highest BCUT2D eigenvalue weighted by Crippen LogP contribution is 2.24. The number of hydrogen-bond donors (Lipinski definition) is 2. The van der Waals surface area contributed by atoms with E-state index in [1.54, 1.807) is 6.20 Å². The van der Waals surface area contributed by atoms with Gasteiger partial charge in [-0.1, -0.05) is 22.0 Å². The monoisotopic (exact) mass is 277 g/mol. The number of rotatable bonds is 2. The molecule has 0 atom stereocenters. The van der Waals surface area contributed by atoms with E-state index < -0.39 is 0 Å². The zero-order valence-corrected chi connectivity index (χ0v) is 10.5. The van der Waals surface area contributed by atoms with Gasteiger partial charge in [0.15, 0.2) is 5.82 Å². The van der Waals surface area contributed by atoms with Crippen LogP contribution in [0.25, 0.3) is 0 Å². The summed E-state index contributed by atoms with van der Waals surface area (Å²) in [5.41, 5.74) is 8.59. The maximum Gasteiger partial charge on any atom is 0.153 e. The molecule has 0 amide bonds. The van der Waals surface area contributed by atoms with Crippen LogP contribution in [0.4, 0.5) is 17.2 Å². The SMILES string of the molecule is Cc1ccnc(Nc2cccc(Br)c2)c1N. The van der Waals surface area contributed by atoms with Crippen LogP contribution in [0.3, 0.4) is 0 Å². The van der Waals surface area contributed by atoms with Crippen molar-refractivity contribution in [1.29, 1.82) is 0 Å². The number of nitrogens with zero attached hydrogens (tertiary/aromatic N) is 1. The van der Waals surface area contributed by atoms with E-state index in [2.05, 4.69) is 26.2 Å². The highest BCUT2D eigenvalue weighted by atomic mass is 79.9. The molecular weight excluding hydrogens is 266 g/mol. The molecule has 4 heteroatoms. The molecule has 3 N–H and O–H groups in total. The molecular formula is C12H12BrN3. The van der Waals surface area contributed by atoms with Gasteiger partial charge in [-0.05, 0) is 36.8 Å². The smallest absolute Gasteiger partial charge is 0.153 e. The quantitative estimate of drug-likeness (QED) is 0.884. The Morgan fingerprint density at radius 1 is 1.31 bits per heavy atom. The maximum absolute atomic E-state index is 5.93. The lowest BCUT2D eigenvalue weighted by atomic mass is 10.2. The van der Waals surface area contributed by atoms with Crippen LogP contribution in [0.2, 0.25) is 0 Å². The summed E-state index contributed by atoms with van der Waals surface area (Å²) in [5, 5.41) is 3.19. The van der Waals surface area contributed by atoms with Crippen molar-refractivity contribution in [2.45, 2.75) is 6.92 Å². The van der Waals surface area contributed by atoms with E-state index in [-0.39, 0.29) is 0 Å². The Morgan fingerprint density at radius 2 is 2.12 bits per heavy atom. The molecule has 1 aromatic heterocycles. The van der Waals surface area contributed by atoms with Crippen LogP contribution >= 0.6 is 15.9 Å². The molecule has 0 aliphatic heterocycles. The van der Waals surface area contributed by atoms with Gasteiger partial charge >= 0.3 is 0 Å². The Balaban J connectivity index is 2.31. The molecule has 0 saturated carbocycles. The molecule has 0 unspecified atom stereocenters. The number of aromatic nitrogens is 1. The molecule has 0 aliphatic carbocycles. The van der Waals surface area contributed by atoms with E-state index >= 15 is 0 Å². The summed E-state index contributed by atoms with van der Waals surface area (Å²) in [7, 11) is 0. The fourth-order valence-corrected chi connectivity index (χ4v) is 1.77. The van der Waals surface area contributed by atoms with Crippen molar-refractivity contribution < 1.29 is 0 Å². The summed E-state index contributed by atoms with van der Waals surface area (Å²) >= 11 is 3.42. The predicted octanol–water partition coefficient (Wildman–Crippen LogP) is 3.48. The van der Waals surface area contributed by atoms with Crippen molar-refractivity contribution in [3.63, 3.8) is 0 Å². The van der Waals surface area contributed by atoms with Gasteiger partial charge < -0.3 is 11.1 Å². The predicted molar refractivity (Wildman–Crippen MR) is 70.8 cm³/mol. The van der Waals surface area contributed by atoms with Gasteiger partial charge in [0.2, 0.25) is 0 Å². The Morgan fingerprint density at radius 3 is 2.88 bits per heavy atom. The third-order valence-electron chi connectivity index (χ3n) is 2.30. The number of benzene rings is 1. The summed E-state index contributed by atoms with van der Waals surface area (Å²) < 4.78 is 1.02. The molecule has 0 bridgehead atoms. The van der Waals surface area contributed by atoms with Crippen molar-refractivity contribution in [2.75, 3.05) is 11.1 Å². The van der Waals surface area contributed by atoms with Gasteiger partial charge in [0.05, 0.1) is 5.69 Å². The Hall–Kier alpha value is -1.55. The van der Waals surface area contributed by atoms with Gasteiger partial charge in [-0.25, -0.2) is 4.98 Å². The molecule has 82 valence electrons. The first-order chi connectivity index (χ1) is 7.66. The minimum Gasteiger partial charge on any atom is -0.396 e. The first-order valence-electron chi connectivity index (χ1n) is 4.90. The first-order valence-corrected chi connectivity index (χ1v) is 5.70. The zero-order chi connectivity index (χ0) is 11.5. The Labute approximate surface area is 103 Å². The van der Waals surface area contributed by atoms with Gasteiger partial charge in [0, 0.05) is 16.4 Å². The van der Waals surface area contributed by atoms with Crippen molar-refractivity contribution in [1.82, 2.24) is 4.98 Å². The van der Waals surface area contributed by atoms with E-state index in [1.807, 2.05) is 37.3 Å². The maximum atomic E-state index is 5.93. The molecule has 0 aliphatic rings. The largest absolute Gasteiger partial charge is 0.396 e. The van der Waals surface area contributed by atoms with Gasteiger partial charge in [-0.3, -0.25) is 0 Å². The first kappa shape index (κ1) is 11.0. The molecule has 0 radical (unpaired) electrons. The van der Waals surface area contributed by atoms with Gasteiger partial charge in [-0.15, -0.1) is 0 Å². The molecule has 0 spiro atoms. The van der Waals surface area contributed by atoms with Crippen LogP contribution in [0.1, 0.15) is 5.56 Å². The van der Waals surface area contributed by atoms with Gasteiger partial charge in [0.25, 0.3) is 0 Å². The van der Waals surface area contributed by atoms with Gasteiger partial charge in [0.1, 0.15) is 0 Å². The standard InChI is InChI=1S/C12H12BrN3/c1-8-5-6-15-12(11(8)14)16-10-4-2-3-9(13)7-10/h2-7H,14H2,1H3,(H,15,16). The fraction of sp³-hybridized carbons (Fsp3) is 0.0833. The van der Waals surface area contributed by atoms with Crippen LogP contribution in [0.15, 0.2) is 41.0 Å². The number of nitrogens with two attached hydrogens (primary N) is 1. The molecule has 3 nitrogen and oxygen atoms in total. The fourth-order valence-electron chi connectivity index (χ4n) is 1.37. The topological polar surface area (TPSA) is 50.9 Å². The van der Waals surface area contributed by atoms with Crippen LogP contribution in [0.5, 0.6) is 0 Å². The average Bonchev–Trinajstić information content (AvgIpc) is 2.25. The molecule has 0 fully saturated rings. The minimum atomic E-state index is 0.683. The number of nitrogens with one attached hydrogen (secondary N) is 1. The van der Waals surface area contributed by atoms with Crippen LogP contribution in [-0.2, 0) is 0 Å². The van der Waals surface area contributed by atoms with Crippen molar-refractivity contribution in [3.8, 4) is 0 Å². The zero-order valence-electron chi connectivity index (χ0n) is 8.87. The van der Waals surface area contributed by atoms with E-state index in [1.165, 1.54) is 0 Å². The number of anilines is 3. The third kappa shape index (κ3) is 2.33. The van der Waals surface area contributed by atoms with Crippen molar-refractivity contribution in [3.05, 3.63) is 46.6 Å². The molecule has 0 saturated heterocycles. The third-order valence-corrected chi connectivity index (χ3v) is 2.79. The van der Waals surface area contributed by atoms with E-state index in [0.717, 1.165) is 15.7 Å². The second-order valence-electron chi connectivity index (χ2n) is 3.53. The number of pyridine rings is 1. The van der Waals surface area contributed by atoms with Crippen LogP contribution in [0, 0.1) is 6.92 Å². The lowest BCUT2D eigenvalue weighted by Crippen LogP contribution is -2.00. The minimum absolute atomic E-state index is 0.683. The summed E-state index contributed by atoms with van der Waals surface area (Å²) in [6.45, 7) is 1.96. The van der Waals surface area contributed by atoms with Crippen LogP contribution in [-0.4, -0.2) is 4.98 Å². The summed E-state index contributed by atoms with van der Waals surface area (Å²) in [5.74, 6) is 0.693. The van der Waals surface area contributed by atoms with E-state index in [0.29, 0.717) is 11.5 Å². The van der Waals surface area contributed by atoms with Crippen LogP contribution < -0.4 is 11.1 Å². The van der Waals surface area contributed by atoms with E-state index in [9.17, 15) is 0 Å². The van der Waals surface area contributed by atoms with E-state index in [4.69, 9.17) is 5.73 Å². The number of nitrogen functional groups attached to an aromatic ring is 1. The summed E-state index contributed by atoms with van der Waals surface area (Å²) in [6.07, 6.45) is 1.74. The second-order valence-corrected chi connectivity index (χ2v) is 4.44. The molecule has 2 aromatic rings. The van der Waals surface area contributed by atoms with Crippen molar-refractivity contribution in [2.24, 2.45) is 0 Å². The van der Waals surface area contributed by atoms with Gasteiger partial charge in [-0.2, -0.15) is 0 Å². The Bertz CT molecular complexity index is 511. The molecule has 16 heavy (non-hydrogen) atoms. The summed E-state index contributed by atoms with van der Waals surface area (Å²) in [6, 6.07) is 9.76. The second kappa shape index (κ2) is 4.53. The number of aryl methyl sites for hydroxylation is 1. The molecule has 1 aromatic carbocycles. The number of hydrogen-bond acceptors (Lipinski definition) is 3. The molecule has 2 rings (SSSR count). The lowest BCUT2D eigenvalue weighted by molar-refractivity contribution is 1.28. The normalized spacial score (nSPS) is 10.1. The highest BCUT2D eigenvalue weighted by molar-refractivity contribution is 9.10. The van der Waals surface area contributed by atoms with Crippen molar-refractivity contribution >= 4 is 33.1 Å².